The summed E-state index contributed by atoms with van der Waals surface area (Å²) in [5, 5.41) is 9.74. The largest absolute Gasteiger partial charge is 0.507 e. The van der Waals surface area contributed by atoms with Gasteiger partial charge in [0.1, 0.15) is 36.1 Å². The summed E-state index contributed by atoms with van der Waals surface area (Å²) in [6.07, 6.45) is 7.26. The Morgan fingerprint density at radius 2 is 2.16 bits per heavy atom. The summed E-state index contributed by atoms with van der Waals surface area (Å²) in [5.41, 5.74) is 0.856. The van der Waals surface area contributed by atoms with E-state index in [0.717, 1.165) is 11.4 Å². The maximum Gasteiger partial charge on any atom is 0.157 e. The van der Waals surface area contributed by atoms with Crippen molar-refractivity contribution in [2.45, 2.75) is 26.4 Å². The van der Waals surface area contributed by atoms with Gasteiger partial charge < -0.3 is 9.84 Å². The third-order valence-corrected chi connectivity index (χ3v) is 3.72. The van der Waals surface area contributed by atoms with Crippen LogP contribution in [0.5, 0.6) is 11.5 Å². The highest BCUT2D eigenvalue weighted by Gasteiger charge is 2.15. The quantitative estimate of drug-likeness (QED) is 0.695. The van der Waals surface area contributed by atoms with Crippen molar-refractivity contribution in [3.63, 3.8) is 0 Å². The molecule has 0 fully saturated rings. The molecule has 3 rings (SSSR count). The van der Waals surface area contributed by atoms with Crippen molar-refractivity contribution in [2.24, 2.45) is 0 Å². The molecule has 0 radical (unpaired) electrons. The van der Waals surface area contributed by atoms with E-state index in [9.17, 15) is 9.90 Å². The van der Waals surface area contributed by atoms with Crippen LogP contribution in [0, 0.1) is 0 Å². The van der Waals surface area contributed by atoms with Crippen molar-refractivity contribution in [3.05, 3.63) is 60.1 Å². The molecule has 0 saturated heterocycles. The van der Waals surface area contributed by atoms with Crippen molar-refractivity contribution < 1.29 is 14.6 Å². The zero-order chi connectivity index (χ0) is 17.8. The van der Waals surface area contributed by atoms with Crippen LogP contribution in [0.3, 0.4) is 0 Å². The highest BCUT2D eigenvalue weighted by molar-refractivity contribution is 5.83. The first kappa shape index (κ1) is 16.6. The number of carbonyl (C=O) groups excluding carboxylic acids is 1. The lowest BCUT2D eigenvalue weighted by molar-refractivity contribution is 0.111. The Hall–Kier alpha value is -3.22. The highest BCUT2D eigenvalue weighted by atomic mass is 16.5. The van der Waals surface area contributed by atoms with Crippen LogP contribution < -0.4 is 4.74 Å². The molecule has 0 unspecified atom stereocenters. The topological polar surface area (TPSA) is 90.1 Å². The molecule has 0 aliphatic heterocycles. The van der Waals surface area contributed by atoms with Crippen LogP contribution in [0.2, 0.25) is 0 Å². The Bertz CT molecular complexity index is 890. The van der Waals surface area contributed by atoms with Crippen molar-refractivity contribution in [3.8, 4) is 17.3 Å². The number of aromatic nitrogens is 4. The minimum absolute atomic E-state index is 0.117. The normalized spacial score (nSPS) is 10.8. The average Bonchev–Trinajstić information content (AvgIpc) is 3.10. The number of phenolic OH excluding ortho intramolecular Hbond substituents is 1. The van der Waals surface area contributed by atoms with Crippen LogP contribution in [0.1, 0.15) is 41.5 Å². The van der Waals surface area contributed by atoms with Crippen LogP contribution in [-0.2, 0) is 6.61 Å². The van der Waals surface area contributed by atoms with Crippen LogP contribution in [0.4, 0.5) is 0 Å². The molecular weight excluding hydrogens is 320 g/mol. The fourth-order valence-corrected chi connectivity index (χ4v) is 2.52. The van der Waals surface area contributed by atoms with Gasteiger partial charge in [-0.3, -0.25) is 9.36 Å². The Morgan fingerprint density at radius 1 is 1.32 bits per heavy atom. The second-order valence-electron chi connectivity index (χ2n) is 5.78. The Labute approximate surface area is 145 Å². The van der Waals surface area contributed by atoms with Gasteiger partial charge >= 0.3 is 0 Å². The predicted octanol–water partition coefficient (Wildman–Crippen LogP) is 2.88. The molecule has 1 aromatic carbocycles. The van der Waals surface area contributed by atoms with Crippen molar-refractivity contribution >= 4 is 6.29 Å². The number of benzene rings is 1. The van der Waals surface area contributed by atoms with E-state index in [2.05, 4.69) is 28.8 Å². The first-order valence-electron chi connectivity index (χ1n) is 7.84. The molecule has 25 heavy (non-hydrogen) atoms. The van der Waals surface area contributed by atoms with Crippen molar-refractivity contribution in [1.29, 1.82) is 0 Å². The van der Waals surface area contributed by atoms with E-state index in [1.807, 2.05) is 10.8 Å². The molecule has 2 heterocycles. The molecule has 1 N–H and O–H groups in total. The summed E-state index contributed by atoms with van der Waals surface area (Å²) >= 11 is 0. The first-order chi connectivity index (χ1) is 12.1. The summed E-state index contributed by atoms with van der Waals surface area (Å²) in [5.74, 6) is 1.97. The van der Waals surface area contributed by atoms with Gasteiger partial charge in [-0.2, -0.15) is 0 Å². The number of ether oxygens (including phenoxy) is 1. The molecule has 0 spiro atoms. The number of phenols is 1. The van der Waals surface area contributed by atoms with Crippen molar-refractivity contribution in [2.75, 3.05) is 0 Å². The van der Waals surface area contributed by atoms with Crippen LogP contribution in [0.15, 0.2) is 43.1 Å². The molecule has 0 aliphatic rings. The van der Waals surface area contributed by atoms with E-state index >= 15 is 0 Å². The highest BCUT2D eigenvalue weighted by Crippen LogP contribution is 2.27. The standard InChI is InChI=1S/C18H18N4O3/c1-12(2)17-20-6-7-22(17)18-13(8-19-11-21-18)10-25-16-5-3-4-15(24)14(16)9-23/h3-9,11-12,24H,10H2,1-2H3. The summed E-state index contributed by atoms with van der Waals surface area (Å²) in [6.45, 7) is 4.26. The SMILES string of the molecule is CC(C)c1nccn1-c1ncncc1COc1cccc(O)c1C=O. The number of rotatable bonds is 6. The lowest BCUT2D eigenvalue weighted by atomic mass is 10.2. The molecule has 0 aliphatic carbocycles. The minimum atomic E-state index is -0.117. The van der Waals surface area contributed by atoms with Gasteiger partial charge in [0.05, 0.1) is 11.1 Å². The molecule has 128 valence electrons. The molecule has 0 amide bonds. The Balaban J connectivity index is 1.91. The van der Waals surface area contributed by atoms with E-state index in [1.165, 1.54) is 12.4 Å². The summed E-state index contributed by atoms with van der Waals surface area (Å²) in [7, 11) is 0. The van der Waals surface area contributed by atoms with Crippen LogP contribution in [-0.4, -0.2) is 30.9 Å². The van der Waals surface area contributed by atoms with Gasteiger partial charge in [0.25, 0.3) is 0 Å². The van der Waals surface area contributed by atoms with Gasteiger partial charge in [0.15, 0.2) is 6.29 Å². The molecule has 0 saturated carbocycles. The number of aldehydes is 1. The number of imidazole rings is 1. The van der Waals surface area contributed by atoms with Crippen LogP contribution in [0.25, 0.3) is 5.82 Å². The molecule has 0 atom stereocenters. The van der Waals surface area contributed by atoms with E-state index < -0.39 is 0 Å². The molecule has 7 heteroatoms. The molecular formula is C18H18N4O3. The van der Waals surface area contributed by atoms with E-state index in [-0.39, 0.29) is 23.8 Å². The predicted molar refractivity (Wildman–Crippen MR) is 91.1 cm³/mol. The zero-order valence-corrected chi connectivity index (χ0v) is 14.0. The molecule has 0 bridgehead atoms. The van der Waals surface area contributed by atoms with Gasteiger partial charge in [-0.1, -0.05) is 19.9 Å². The molecule has 7 nitrogen and oxygen atoms in total. The van der Waals surface area contributed by atoms with Gasteiger partial charge in [-0.25, -0.2) is 15.0 Å². The minimum Gasteiger partial charge on any atom is -0.507 e. The third-order valence-electron chi connectivity index (χ3n) is 3.72. The number of hydrogen-bond acceptors (Lipinski definition) is 6. The number of carbonyl (C=O) groups is 1. The van der Waals surface area contributed by atoms with Gasteiger partial charge in [0.2, 0.25) is 0 Å². The van der Waals surface area contributed by atoms with E-state index in [0.29, 0.717) is 17.9 Å². The molecule has 2 aromatic heterocycles. The van der Waals surface area contributed by atoms with Gasteiger partial charge in [-0.15, -0.1) is 0 Å². The Morgan fingerprint density at radius 3 is 2.92 bits per heavy atom. The van der Waals surface area contributed by atoms with Crippen LogP contribution >= 0.6 is 0 Å². The zero-order valence-electron chi connectivity index (χ0n) is 14.0. The van der Waals surface area contributed by atoms with Gasteiger partial charge in [-0.05, 0) is 12.1 Å². The maximum atomic E-state index is 11.2. The fraction of sp³-hybridized carbons (Fsp3) is 0.222. The van der Waals surface area contributed by atoms with Gasteiger partial charge in [0, 0.05) is 24.5 Å². The summed E-state index contributed by atoms with van der Waals surface area (Å²) in [4.78, 5) is 23.9. The number of aromatic hydroxyl groups is 1. The lowest BCUT2D eigenvalue weighted by Gasteiger charge is -2.14. The monoisotopic (exact) mass is 338 g/mol. The fourth-order valence-electron chi connectivity index (χ4n) is 2.52. The second kappa shape index (κ2) is 7.12. The van der Waals surface area contributed by atoms with Crippen molar-refractivity contribution in [1.82, 2.24) is 19.5 Å². The summed E-state index contributed by atoms with van der Waals surface area (Å²) in [6, 6.07) is 4.69. The summed E-state index contributed by atoms with van der Waals surface area (Å²) < 4.78 is 7.63. The van der Waals surface area contributed by atoms with E-state index in [4.69, 9.17) is 4.74 Å². The third kappa shape index (κ3) is 3.35. The number of nitrogens with zero attached hydrogens (tertiary/aromatic N) is 4. The first-order valence-corrected chi connectivity index (χ1v) is 7.84. The smallest absolute Gasteiger partial charge is 0.157 e. The second-order valence-corrected chi connectivity index (χ2v) is 5.78. The Kier molecular flexibility index (Phi) is 4.74. The lowest BCUT2D eigenvalue weighted by Crippen LogP contribution is -2.10. The maximum absolute atomic E-state index is 11.2. The number of hydrogen-bond donors (Lipinski definition) is 1. The average molecular weight is 338 g/mol. The molecule has 3 aromatic rings. The van der Waals surface area contributed by atoms with E-state index in [1.54, 1.807) is 24.5 Å².